The molecule has 0 bridgehead atoms. The standard InChI is InChI=1S/C8H11NO2/c10-7(11)1-6-2-8(3-6)4-9-5-8/h1,9H,2-5H2,(H,10,11). The van der Waals surface area contributed by atoms with Crippen LogP contribution in [-0.2, 0) is 4.79 Å². The Kier molecular flexibility index (Phi) is 1.29. The van der Waals surface area contributed by atoms with Crippen LogP contribution in [0.5, 0.6) is 0 Å². The highest BCUT2D eigenvalue weighted by Gasteiger charge is 2.45. The van der Waals surface area contributed by atoms with Crippen LogP contribution in [0.4, 0.5) is 0 Å². The summed E-state index contributed by atoms with van der Waals surface area (Å²) in [6.45, 7) is 2.15. The van der Waals surface area contributed by atoms with Crippen molar-refractivity contribution in [2.24, 2.45) is 5.41 Å². The van der Waals surface area contributed by atoms with Crippen molar-refractivity contribution in [1.29, 1.82) is 0 Å². The molecule has 2 rings (SSSR count). The second kappa shape index (κ2) is 2.08. The summed E-state index contributed by atoms with van der Waals surface area (Å²) in [5.41, 5.74) is 1.56. The lowest BCUT2D eigenvalue weighted by molar-refractivity contribution is -0.131. The first-order chi connectivity index (χ1) is 5.20. The van der Waals surface area contributed by atoms with E-state index in [0.29, 0.717) is 5.41 Å². The van der Waals surface area contributed by atoms with Crippen LogP contribution in [0.2, 0.25) is 0 Å². The normalized spacial score (nSPS) is 25.6. The predicted octanol–water partition coefficient (Wildman–Crippen LogP) is 0.381. The third-order valence-electron chi connectivity index (χ3n) is 2.53. The molecule has 0 unspecified atom stereocenters. The zero-order valence-corrected chi connectivity index (χ0v) is 6.26. The highest BCUT2D eigenvalue weighted by Crippen LogP contribution is 2.47. The summed E-state index contributed by atoms with van der Waals surface area (Å²) in [6.07, 6.45) is 3.34. The Balaban J connectivity index is 1.92. The minimum absolute atomic E-state index is 0.460. The molecule has 2 fully saturated rings. The van der Waals surface area contributed by atoms with E-state index in [1.54, 1.807) is 0 Å². The summed E-state index contributed by atoms with van der Waals surface area (Å²) < 4.78 is 0. The van der Waals surface area contributed by atoms with E-state index in [1.165, 1.54) is 6.08 Å². The number of carboxylic acid groups (broad SMARTS) is 1. The zero-order valence-electron chi connectivity index (χ0n) is 6.26. The van der Waals surface area contributed by atoms with Crippen LogP contribution in [-0.4, -0.2) is 24.2 Å². The van der Waals surface area contributed by atoms with Gasteiger partial charge in [0.2, 0.25) is 0 Å². The molecule has 0 aromatic carbocycles. The maximum Gasteiger partial charge on any atom is 0.328 e. The molecule has 2 aliphatic rings. The van der Waals surface area contributed by atoms with E-state index in [1.807, 2.05) is 0 Å². The predicted molar refractivity (Wildman–Crippen MR) is 40.3 cm³/mol. The molecule has 1 aliphatic heterocycles. The van der Waals surface area contributed by atoms with Gasteiger partial charge in [0, 0.05) is 24.6 Å². The molecule has 1 saturated carbocycles. The van der Waals surface area contributed by atoms with E-state index < -0.39 is 5.97 Å². The second-order valence-corrected chi connectivity index (χ2v) is 3.60. The fraction of sp³-hybridized carbons (Fsp3) is 0.625. The van der Waals surface area contributed by atoms with E-state index in [4.69, 9.17) is 5.11 Å². The maximum atomic E-state index is 10.2. The zero-order chi connectivity index (χ0) is 7.90. The minimum atomic E-state index is -0.804. The lowest BCUT2D eigenvalue weighted by Crippen LogP contribution is -2.58. The maximum absolute atomic E-state index is 10.2. The number of rotatable bonds is 1. The van der Waals surface area contributed by atoms with Gasteiger partial charge in [-0.1, -0.05) is 5.57 Å². The van der Waals surface area contributed by atoms with Gasteiger partial charge in [-0.25, -0.2) is 4.79 Å². The largest absolute Gasteiger partial charge is 0.478 e. The van der Waals surface area contributed by atoms with Crippen molar-refractivity contribution in [2.45, 2.75) is 12.8 Å². The van der Waals surface area contributed by atoms with Crippen LogP contribution in [0.1, 0.15) is 12.8 Å². The molecule has 0 amide bonds. The molecule has 1 saturated heterocycles. The van der Waals surface area contributed by atoms with Crippen molar-refractivity contribution in [1.82, 2.24) is 5.32 Å². The van der Waals surface area contributed by atoms with Crippen LogP contribution in [0.3, 0.4) is 0 Å². The van der Waals surface area contributed by atoms with Gasteiger partial charge in [0.25, 0.3) is 0 Å². The lowest BCUT2D eigenvalue weighted by Gasteiger charge is -2.51. The van der Waals surface area contributed by atoms with Crippen LogP contribution in [0.15, 0.2) is 11.6 Å². The van der Waals surface area contributed by atoms with Gasteiger partial charge >= 0.3 is 5.97 Å². The third-order valence-corrected chi connectivity index (χ3v) is 2.53. The average molecular weight is 153 g/mol. The molecule has 60 valence electrons. The van der Waals surface area contributed by atoms with Crippen molar-refractivity contribution >= 4 is 5.97 Å². The molecule has 0 aromatic rings. The quantitative estimate of drug-likeness (QED) is 0.535. The van der Waals surface area contributed by atoms with Gasteiger partial charge in [0.15, 0.2) is 0 Å². The van der Waals surface area contributed by atoms with Gasteiger partial charge in [-0.2, -0.15) is 0 Å². The first-order valence-corrected chi connectivity index (χ1v) is 3.83. The molecule has 0 atom stereocenters. The molecular weight excluding hydrogens is 142 g/mol. The highest BCUT2D eigenvalue weighted by atomic mass is 16.4. The smallest absolute Gasteiger partial charge is 0.328 e. The molecule has 2 N–H and O–H groups in total. The fourth-order valence-corrected chi connectivity index (χ4v) is 1.92. The summed E-state index contributed by atoms with van der Waals surface area (Å²) in [6, 6.07) is 0. The number of hydrogen-bond acceptors (Lipinski definition) is 2. The van der Waals surface area contributed by atoms with Crippen LogP contribution >= 0.6 is 0 Å². The van der Waals surface area contributed by atoms with Crippen molar-refractivity contribution in [2.75, 3.05) is 13.1 Å². The lowest BCUT2D eigenvalue weighted by atomic mass is 9.62. The summed E-state index contributed by atoms with van der Waals surface area (Å²) in [5, 5.41) is 11.6. The van der Waals surface area contributed by atoms with Gasteiger partial charge in [-0.3, -0.25) is 0 Å². The molecule has 0 aromatic heterocycles. The molecule has 1 heterocycles. The Morgan fingerprint density at radius 3 is 2.55 bits per heavy atom. The average Bonchev–Trinajstić information content (AvgIpc) is 1.71. The van der Waals surface area contributed by atoms with Crippen molar-refractivity contribution in [3.8, 4) is 0 Å². The number of hydrogen-bond donors (Lipinski definition) is 2. The summed E-state index contributed by atoms with van der Waals surface area (Å²) >= 11 is 0. The Morgan fingerprint density at radius 2 is 2.18 bits per heavy atom. The van der Waals surface area contributed by atoms with Gasteiger partial charge in [0.1, 0.15) is 0 Å². The Bertz CT molecular complexity index is 218. The SMILES string of the molecule is O=C(O)C=C1CC2(CNC2)C1. The number of carbonyl (C=O) groups is 1. The third kappa shape index (κ3) is 1.05. The molecule has 11 heavy (non-hydrogen) atoms. The highest BCUT2D eigenvalue weighted by molar-refractivity contribution is 5.81. The first-order valence-electron chi connectivity index (χ1n) is 3.83. The molecule has 1 spiro atoms. The van der Waals surface area contributed by atoms with Crippen molar-refractivity contribution in [3.05, 3.63) is 11.6 Å². The summed E-state index contributed by atoms with van der Waals surface area (Å²) in [4.78, 5) is 10.2. The fourth-order valence-electron chi connectivity index (χ4n) is 1.92. The molecule has 3 nitrogen and oxygen atoms in total. The summed E-state index contributed by atoms with van der Waals surface area (Å²) in [7, 11) is 0. The van der Waals surface area contributed by atoms with Crippen molar-refractivity contribution in [3.63, 3.8) is 0 Å². The molecular formula is C8H11NO2. The Morgan fingerprint density at radius 1 is 1.55 bits per heavy atom. The Labute approximate surface area is 65.1 Å². The van der Waals surface area contributed by atoms with E-state index >= 15 is 0 Å². The van der Waals surface area contributed by atoms with Gasteiger partial charge < -0.3 is 10.4 Å². The van der Waals surface area contributed by atoms with Gasteiger partial charge in [-0.15, -0.1) is 0 Å². The van der Waals surface area contributed by atoms with Gasteiger partial charge in [-0.05, 0) is 12.8 Å². The topological polar surface area (TPSA) is 49.3 Å². The van der Waals surface area contributed by atoms with Crippen LogP contribution in [0.25, 0.3) is 0 Å². The number of allylic oxidation sites excluding steroid dienone is 1. The number of carboxylic acids is 1. The van der Waals surface area contributed by atoms with E-state index in [2.05, 4.69) is 5.32 Å². The van der Waals surface area contributed by atoms with Crippen molar-refractivity contribution < 1.29 is 9.90 Å². The molecule has 0 radical (unpaired) electrons. The van der Waals surface area contributed by atoms with Gasteiger partial charge in [0.05, 0.1) is 0 Å². The molecule has 1 aliphatic carbocycles. The first kappa shape index (κ1) is 6.85. The van der Waals surface area contributed by atoms with Crippen LogP contribution < -0.4 is 5.32 Å². The van der Waals surface area contributed by atoms with Crippen LogP contribution in [0, 0.1) is 5.41 Å². The monoisotopic (exact) mass is 153 g/mol. The minimum Gasteiger partial charge on any atom is -0.478 e. The summed E-state index contributed by atoms with van der Waals surface area (Å²) in [5.74, 6) is -0.804. The Hall–Kier alpha value is -0.830. The number of aliphatic carboxylic acids is 1. The second-order valence-electron chi connectivity index (χ2n) is 3.60. The number of nitrogens with one attached hydrogen (secondary N) is 1. The van der Waals surface area contributed by atoms with E-state index in [0.717, 1.165) is 31.5 Å². The molecule has 3 heteroatoms. The van der Waals surface area contributed by atoms with E-state index in [-0.39, 0.29) is 0 Å². The van der Waals surface area contributed by atoms with E-state index in [9.17, 15) is 4.79 Å².